The normalized spacial score (nSPS) is 22.5. The smallest absolute Gasteiger partial charge is 0.162 e. The van der Waals surface area contributed by atoms with Crippen molar-refractivity contribution in [2.24, 2.45) is 5.92 Å². The Hall–Kier alpha value is -1.26. The fourth-order valence-corrected chi connectivity index (χ4v) is 3.27. The van der Waals surface area contributed by atoms with Crippen LogP contribution in [-0.2, 0) is 6.54 Å². The quantitative estimate of drug-likeness (QED) is 0.844. The Morgan fingerprint density at radius 1 is 1.33 bits per heavy atom. The fourth-order valence-electron chi connectivity index (χ4n) is 3.27. The minimum atomic E-state index is 0.299. The second kappa shape index (κ2) is 6.67. The van der Waals surface area contributed by atoms with Crippen molar-refractivity contribution in [1.29, 1.82) is 0 Å². The number of benzene rings is 1. The van der Waals surface area contributed by atoms with E-state index >= 15 is 0 Å². The lowest BCUT2D eigenvalue weighted by Gasteiger charge is -2.30. The number of nitrogens with zero attached hydrogens (tertiary/aromatic N) is 1. The highest BCUT2D eigenvalue weighted by atomic mass is 16.5. The molecule has 4 heteroatoms. The van der Waals surface area contributed by atoms with E-state index in [1.807, 2.05) is 18.2 Å². The van der Waals surface area contributed by atoms with Crippen LogP contribution in [0.15, 0.2) is 18.2 Å². The third-order valence-electron chi connectivity index (χ3n) is 4.63. The predicted molar refractivity (Wildman–Crippen MR) is 83.7 cm³/mol. The summed E-state index contributed by atoms with van der Waals surface area (Å²) in [7, 11) is 1.60. The molecule has 4 nitrogen and oxygen atoms in total. The molecule has 116 valence electrons. The van der Waals surface area contributed by atoms with Crippen LogP contribution >= 0.6 is 0 Å². The molecule has 2 aliphatic rings. The lowest BCUT2D eigenvalue weighted by Crippen LogP contribution is -2.39. The van der Waals surface area contributed by atoms with Crippen LogP contribution in [-0.4, -0.2) is 42.8 Å². The lowest BCUT2D eigenvalue weighted by atomic mass is 9.98. The van der Waals surface area contributed by atoms with Crippen molar-refractivity contribution in [3.05, 3.63) is 23.8 Å². The molecule has 2 N–H and O–H groups in total. The van der Waals surface area contributed by atoms with Gasteiger partial charge < -0.3 is 15.2 Å². The second-order valence-electron chi connectivity index (χ2n) is 6.34. The van der Waals surface area contributed by atoms with E-state index in [0.29, 0.717) is 17.5 Å². The molecule has 1 aliphatic carbocycles. The van der Waals surface area contributed by atoms with Crippen LogP contribution in [0.2, 0.25) is 0 Å². The van der Waals surface area contributed by atoms with E-state index in [-0.39, 0.29) is 0 Å². The summed E-state index contributed by atoms with van der Waals surface area (Å²) in [5, 5.41) is 13.8. The van der Waals surface area contributed by atoms with Gasteiger partial charge in [-0.05, 0) is 50.8 Å². The predicted octanol–water partition coefficient (Wildman–Crippen LogP) is 2.36. The maximum atomic E-state index is 10.3. The summed E-state index contributed by atoms with van der Waals surface area (Å²) in [5.74, 6) is 1.61. The van der Waals surface area contributed by atoms with Gasteiger partial charge in [0.05, 0.1) is 7.11 Å². The fraction of sp³-hybridized carbons (Fsp3) is 0.647. The van der Waals surface area contributed by atoms with Crippen molar-refractivity contribution in [3.8, 4) is 11.5 Å². The topological polar surface area (TPSA) is 44.7 Å². The third-order valence-corrected chi connectivity index (χ3v) is 4.63. The standard InChI is InChI=1S/C17H26N2O2/c1-21-16-6-2-5-14(17(16)20)12-19(15-7-8-15)11-13-4-3-9-18-10-13/h2,5-6,13,15,18,20H,3-4,7-12H2,1H3. The number of piperidine rings is 1. The van der Waals surface area contributed by atoms with Gasteiger partial charge in [0.2, 0.25) is 0 Å². The largest absolute Gasteiger partial charge is 0.504 e. The van der Waals surface area contributed by atoms with E-state index in [9.17, 15) is 5.11 Å². The molecule has 0 radical (unpaired) electrons. The van der Waals surface area contributed by atoms with Gasteiger partial charge in [-0.2, -0.15) is 0 Å². The van der Waals surface area contributed by atoms with E-state index in [1.54, 1.807) is 7.11 Å². The van der Waals surface area contributed by atoms with Crippen molar-refractivity contribution >= 4 is 0 Å². The van der Waals surface area contributed by atoms with Crippen molar-refractivity contribution in [1.82, 2.24) is 10.2 Å². The summed E-state index contributed by atoms with van der Waals surface area (Å²) in [6.45, 7) is 4.25. The molecule has 0 spiro atoms. The molecule has 3 rings (SSSR count). The van der Waals surface area contributed by atoms with Gasteiger partial charge in [-0.1, -0.05) is 12.1 Å². The average Bonchev–Trinajstić information content (AvgIpc) is 3.34. The van der Waals surface area contributed by atoms with Gasteiger partial charge in [-0.15, -0.1) is 0 Å². The second-order valence-corrected chi connectivity index (χ2v) is 6.34. The number of ether oxygens (including phenoxy) is 1. The molecule has 0 bridgehead atoms. The zero-order valence-electron chi connectivity index (χ0n) is 12.8. The third kappa shape index (κ3) is 3.69. The Morgan fingerprint density at radius 2 is 2.19 bits per heavy atom. The molecule has 1 heterocycles. The van der Waals surface area contributed by atoms with Gasteiger partial charge in [-0.3, -0.25) is 4.90 Å². The monoisotopic (exact) mass is 290 g/mol. The molecule has 1 atom stereocenters. The maximum Gasteiger partial charge on any atom is 0.162 e. The first-order chi connectivity index (χ1) is 10.3. The molecular formula is C17H26N2O2. The van der Waals surface area contributed by atoms with Gasteiger partial charge >= 0.3 is 0 Å². The number of hydrogen-bond donors (Lipinski definition) is 2. The minimum Gasteiger partial charge on any atom is -0.504 e. The van der Waals surface area contributed by atoms with Crippen LogP contribution in [0, 0.1) is 5.92 Å². The van der Waals surface area contributed by atoms with Gasteiger partial charge in [0.1, 0.15) is 0 Å². The SMILES string of the molecule is COc1cccc(CN(CC2CCCNC2)C2CC2)c1O. The van der Waals surface area contributed by atoms with Gasteiger partial charge in [0.15, 0.2) is 11.5 Å². The molecule has 0 amide bonds. The summed E-state index contributed by atoms with van der Waals surface area (Å²) >= 11 is 0. The maximum absolute atomic E-state index is 10.3. The van der Waals surface area contributed by atoms with E-state index in [2.05, 4.69) is 10.2 Å². The zero-order chi connectivity index (χ0) is 14.7. The first-order valence-electron chi connectivity index (χ1n) is 8.07. The van der Waals surface area contributed by atoms with Crippen molar-refractivity contribution in [2.45, 2.75) is 38.3 Å². The summed E-state index contributed by atoms with van der Waals surface area (Å²) < 4.78 is 5.21. The Labute approximate surface area is 127 Å². The Bertz CT molecular complexity index is 468. The van der Waals surface area contributed by atoms with Crippen LogP contribution < -0.4 is 10.1 Å². The van der Waals surface area contributed by atoms with Crippen molar-refractivity contribution in [3.63, 3.8) is 0 Å². The summed E-state index contributed by atoms with van der Waals surface area (Å²) in [6, 6.07) is 6.48. The molecular weight excluding hydrogens is 264 g/mol. The highest BCUT2D eigenvalue weighted by Gasteiger charge is 2.31. The number of phenolic OH excluding ortho intramolecular Hbond substituents is 1. The Kier molecular flexibility index (Phi) is 4.66. The first kappa shape index (κ1) is 14.7. The molecule has 1 saturated heterocycles. The summed E-state index contributed by atoms with van der Waals surface area (Å²) in [5.41, 5.74) is 0.977. The average molecular weight is 290 g/mol. The number of methoxy groups -OCH3 is 1. The minimum absolute atomic E-state index is 0.299. The molecule has 1 unspecified atom stereocenters. The van der Waals surface area contributed by atoms with E-state index in [4.69, 9.17) is 4.74 Å². The van der Waals surface area contributed by atoms with Crippen molar-refractivity contribution in [2.75, 3.05) is 26.7 Å². The lowest BCUT2D eigenvalue weighted by molar-refractivity contribution is 0.190. The van der Waals surface area contributed by atoms with Crippen LogP contribution in [0.3, 0.4) is 0 Å². The Morgan fingerprint density at radius 3 is 2.86 bits per heavy atom. The highest BCUT2D eigenvalue weighted by molar-refractivity contribution is 5.45. The highest BCUT2D eigenvalue weighted by Crippen LogP contribution is 2.34. The van der Waals surface area contributed by atoms with Crippen LogP contribution in [0.4, 0.5) is 0 Å². The molecule has 21 heavy (non-hydrogen) atoms. The van der Waals surface area contributed by atoms with E-state index < -0.39 is 0 Å². The number of aromatic hydroxyl groups is 1. The van der Waals surface area contributed by atoms with Gasteiger partial charge in [-0.25, -0.2) is 0 Å². The molecule has 1 aliphatic heterocycles. The number of phenols is 1. The molecule has 2 fully saturated rings. The molecule has 1 saturated carbocycles. The van der Waals surface area contributed by atoms with Gasteiger partial charge in [0, 0.05) is 24.7 Å². The summed E-state index contributed by atoms with van der Waals surface area (Å²) in [4.78, 5) is 2.55. The molecule has 1 aromatic carbocycles. The van der Waals surface area contributed by atoms with Gasteiger partial charge in [0.25, 0.3) is 0 Å². The number of nitrogens with one attached hydrogen (secondary N) is 1. The van der Waals surface area contributed by atoms with Crippen LogP contribution in [0.25, 0.3) is 0 Å². The van der Waals surface area contributed by atoms with E-state index in [1.165, 1.54) is 25.7 Å². The number of para-hydroxylation sites is 1. The molecule has 0 aromatic heterocycles. The molecule has 1 aromatic rings. The zero-order valence-corrected chi connectivity index (χ0v) is 12.8. The van der Waals surface area contributed by atoms with E-state index in [0.717, 1.165) is 37.7 Å². The van der Waals surface area contributed by atoms with Crippen molar-refractivity contribution < 1.29 is 9.84 Å². The van der Waals surface area contributed by atoms with Crippen LogP contribution in [0.1, 0.15) is 31.2 Å². The number of rotatable bonds is 6. The van der Waals surface area contributed by atoms with Crippen LogP contribution in [0.5, 0.6) is 11.5 Å². The first-order valence-corrected chi connectivity index (χ1v) is 8.07. The summed E-state index contributed by atoms with van der Waals surface area (Å²) in [6.07, 6.45) is 5.20. The Balaban J connectivity index is 1.67. The number of hydrogen-bond acceptors (Lipinski definition) is 4.